The molecule has 3 fully saturated rings. The summed E-state index contributed by atoms with van der Waals surface area (Å²) in [6.07, 6.45) is 8.88. The molecule has 174 valence electrons. The van der Waals surface area contributed by atoms with Crippen molar-refractivity contribution in [2.24, 2.45) is 18.4 Å². The van der Waals surface area contributed by atoms with Gasteiger partial charge < -0.3 is 9.80 Å². The van der Waals surface area contributed by atoms with E-state index in [9.17, 15) is 9.59 Å². The predicted octanol–water partition coefficient (Wildman–Crippen LogP) is 2.52. The summed E-state index contributed by atoms with van der Waals surface area (Å²) in [6, 6.07) is 12.1. The van der Waals surface area contributed by atoms with Gasteiger partial charge >= 0.3 is 0 Å². The van der Waals surface area contributed by atoms with Gasteiger partial charge in [-0.1, -0.05) is 42.5 Å². The first-order valence-corrected chi connectivity index (χ1v) is 12.1. The Bertz CT molecular complexity index is 1010. The fourth-order valence-electron chi connectivity index (χ4n) is 5.42. The van der Waals surface area contributed by atoms with Gasteiger partial charge in [0.1, 0.15) is 5.69 Å². The lowest BCUT2D eigenvalue weighted by molar-refractivity contribution is -0.135. The van der Waals surface area contributed by atoms with E-state index in [4.69, 9.17) is 0 Å². The maximum absolute atomic E-state index is 13.2. The molecular formula is C26H33N5O2. The fourth-order valence-corrected chi connectivity index (χ4v) is 5.42. The van der Waals surface area contributed by atoms with E-state index in [0.717, 1.165) is 65.1 Å². The van der Waals surface area contributed by atoms with Crippen LogP contribution in [0.1, 0.15) is 35.3 Å². The van der Waals surface area contributed by atoms with Crippen molar-refractivity contribution in [2.45, 2.75) is 19.3 Å². The Morgan fingerprint density at radius 1 is 1.00 bits per heavy atom. The molecule has 2 amide bonds. The van der Waals surface area contributed by atoms with Crippen molar-refractivity contribution in [1.29, 1.82) is 0 Å². The first-order valence-electron chi connectivity index (χ1n) is 12.1. The van der Waals surface area contributed by atoms with E-state index in [2.05, 4.69) is 51.3 Å². The van der Waals surface area contributed by atoms with Crippen molar-refractivity contribution in [3.05, 3.63) is 59.9 Å². The van der Waals surface area contributed by atoms with Crippen molar-refractivity contribution < 1.29 is 9.59 Å². The van der Waals surface area contributed by atoms with E-state index >= 15 is 0 Å². The molecule has 33 heavy (non-hydrogen) atoms. The van der Waals surface area contributed by atoms with Crippen molar-refractivity contribution in [1.82, 2.24) is 24.5 Å². The maximum Gasteiger partial charge on any atom is 0.272 e. The number of rotatable bonds is 5. The molecule has 1 unspecified atom stereocenters. The number of piperazine rings is 1. The molecule has 1 aliphatic carbocycles. The van der Waals surface area contributed by atoms with Gasteiger partial charge in [-0.3, -0.25) is 19.2 Å². The summed E-state index contributed by atoms with van der Waals surface area (Å²) in [4.78, 5) is 32.3. The van der Waals surface area contributed by atoms with Crippen molar-refractivity contribution >= 4 is 17.9 Å². The average Bonchev–Trinajstić information content (AvgIpc) is 3.37. The Labute approximate surface area is 195 Å². The lowest BCUT2D eigenvalue weighted by atomic mass is 9.90. The number of amides is 2. The van der Waals surface area contributed by atoms with Crippen LogP contribution in [-0.2, 0) is 11.8 Å². The first kappa shape index (κ1) is 21.9. The standard InChI is InChI=1S/C26H33N5O2/c1-28-23(9-12-27-28)25(33)30-14-10-26(11-15-30)20-22(26)24(32)31-18-16-29(17-19-31)13-5-8-21-6-3-2-4-7-21/h2-9,12,22H,10-11,13-20H2,1H3/b8-5+. The number of carbonyl (C=O) groups excluding carboxylic acids is 2. The van der Waals surface area contributed by atoms with E-state index < -0.39 is 0 Å². The van der Waals surface area contributed by atoms with Gasteiger partial charge in [0, 0.05) is 65.0 Å². The molecule has 1 aromatic carbocycles. The molecule has 7 heteroatoms. The quantitative estimate of drug-likeness (QED) is 0.707. The van der Waals surface area contributed by atoms with Crippen LogP contribution in [0.4, 0.5) is 0 Å². The van der Waals surface area contributed by atoms with Crippen molar-refractivity contribution in [3.8, 4) is 0 Å². The summed E-state index contributed by atoms with van der Waals surface area (Å²) in [5, 5.41) is 4.11. The lowest BCUT2D eigenvalue weighted by Gasteiger charge is -2.36. The number of aryl methyl sites for hydroxylation is 1. The lowest BCUT2D eigenvalue weighted by Crippen LogP contribution is -2.49. The normalized spacial score (nSPS) is 22.8. The molecule has 3 heterocycles. The summed E-state index contributed by atoms with van der Waals surface area (Å²) >= 11 is 0. The Balaban J connectivity index is 1.07. The molecule has 5 rings (SSSR count). The highest BCUT2D eigenvalue weighted by atomic mass is 16.2. The monoisotopic (exact) mass is 447 g/mol. The van der Waals surface area contributed by atoms with Crippen LogP contribution >= 0.6 is 0 Å². The second kappa shape index (κ2) is 9.14. The van der Waals surface area contributed by atoms with E-state index in [0.29, 0.717) is 11.6 Å². The van der Waals surface area contributed by atoms with Gasteiger partial charge in [0.25, 0.3) is 5.91 Å². The SMILES string of the molecule is Cn1nccc1C(=O)N1CCC2(CC1)CC2C(=O)N1CCN(C/C=C/c2ccccc2)CC1. The van der Waals surface area contributed by atoms with Gasteiger partial charge in [0.15, 0.2) is 0 Å². The Morgan fingerprint density at radius 3 is 2.39 bits per heavy atom. The Kier molecular flexibility index (Phi) is 6.06. The number of benzene rings is 1. The number of aromatic nitrogens is 2. The largest absolute Gasteiger partial charge is 0.340 e. The molecule has 0 bridgehead atoms. The summed E-state index contributed by atoms with van der Waals surface area (Å²) < 4.78 is 1.63. The first-order chi connectivity index (χ1) is 16.1. The van der Waals surface area contributed by atoms with Crippen LogP contribution < -0.4 is 0 Å². The molecule has 2 saturated heterocycles. The molecule has 7 nitrogen and oxygen atoms in total. The zero-order valence-electron chi connectivity index (χ0n) is 19.4. The zero-order chi connectivity index (χ0) is 22.8. The Hall–Kier alpha value is -2.93. The average molecular weight is 448 g/mol. The molecule has 0 N–H and O–H groups in total. The van der Waals surface area contributed by atoms with E-state index in [1.54, 1.807) is 24.0 Å². The number of likely N-dealkylation sites (tertiary alicyclic amines) is 1. The topological polar surface area (TPSA) is 61.7 Å². The van der Waals surface area contributed by atoms with Crippen LogP contribution in [0.2, 0.25) is 0 Å². The second-order valence-electron chi connectivity index (χ2n) is 9.69. The van der Waals surface area contributed by atoms with Crippen LogP contribution in [0.25, 0.3) is 6.08 Å². The minimum absolute atomic E-state index is 0.0470. The van der Waals surface area contributed by atoms with Gasteiger partial charge in [0.05, 0.1) is 0 Å². The number of carbonyl (C=O) groups is 2. The van der Waals surface area contributed by atoms with E-state index in [-0.39, 0.29) is 17.2 Å². The van der Waals surface area contributed by atoms with Crippen LogP contribution in [0.5, 0.6) is 0 Å². The van der Waals surface area contributed by atoms with Crippen LogP contribution in [0.3, 0.4) is 0 Å². The third-order valence-electron chi connectivity index (χ3n) is 7.73. The van der Waals surface area contributed by atoms with E-state index in [1.807, 2.05) is 11.0 Å². The predicted molar refractivity (Wildman–Crippen MR) is 127 cm³/mol. The minimum Gasteiger partial charge on any atom is -0.340 e. The summed E-state index contributed by atoms with van der Waals surface area (Å²) in [7, 11) is 1.80. The highest BCUT2D eigenvalue weighted by molar-refractivity contribution is 5.92. The molecule has 3 aliphatic rings. The van der Waals surface area contributed by atoms with Gasteiger partial charge in [-0.05, 0) is 36.3 Å². The number of nitrogens with zero attached hydrogens (tertiary/aromatic N) is 5. The molecule has 2 aromatic rings. The maximum atomic E-state index is 13.2. The van der Waals surface area contributed by atoms with Crippen LogP contribution in [-0.4, -0.2) is 82.1 Å². The van der Waals surface area contributed by atoms with Gasteiger partial charge in [-0.15, -0.1) is 0 Å². The Morgan fingerprint density at radius 2 is 1.73 bits per heavy atom. The zero-order valence-corrected chi connectivity index (χ0v) is 19.4. The number of hydrogen-bond acceptors (Lipinski definition) is 4. The third-order valence-corrected chi connectivity index (χ3v) is 7.73. The van der Waals surface area contributed by atoms with Crippen LogP contribution in [0, 0.1) is 11.3 Å². The molecule has 1 spiro atoms. The number of piperidine rings is 1. The number of hydrogen-bond donors (Lipinski definition) is 0. The van der Waals surface area contributed by atoms with Crippen molar-refractivity contribution in [3.63, 3.8) is 0 Å². The highest BCUT2D eigenvalue weighted by Gasteiger charge is 2.59. The third kappa shape index (κ3) is 4.60. The highest BCUT2D eigenvalue weighted by Crippen LogP contribution is 2.60. The molecule has 2 aliphatic heterocycles. The molecule has 1 saturated carbocycles. The fraction of sp³-hybridized carbons (Fsp3) is 0.500. The summed E-state index contributed by atoms with van der Waals surface area (Å²) in [5.74, 6) is 0.530. The van der Waals surface area contributed by atoms with Gasteiger partial charge in [-0.2, -0.15) is 5.10 Å². The van der Waals surface area contributed by atoms with Gasteiger partial charge in [-0.25, -0.2) is 0 Å². The summed E-state index contributed by atoms with van der Waals surface area (Å²) in [6.45, 7) is 5.87. The summed E-state index contributed by atoms with van der Waals surface area (Å²) in [5.41, 5.74) is 1.97. The second-order valence-corrected chi connectivity index (χ2v) is 9.69. The van der Waals surface area contributed by atoms with E-state index in [1.165, 1.54) is 5.56 Å². The molecular weight excluding hydrogens is 414 g/mol. The van der Waals surface area contributed by atoms with Crippen LogP contribution in [0.15, 0.2) is 48.7 Å². The molecule has 1 atom stereocenters. The van der Waals surface area contributed by atoms with Crippen molar-refractivity contribution in [2.75, 3.05) is 45.8 Å². The molecule has 0 radical (unpaired) electrons. The van der Waals surface area contributed by atoms with Gasteiger partial charge in [0.2, 0.25) is 5.91 Å². The smallest absolute Gasteiger partial charge is 0.272 e. The minimum atomic E-state index is 0.0470. The molecule has 1 aromatic heterocycles.